The van der Waals surface area contributed by atoms with Crippen LogP contribution in [0.15, 0.2) is 71.6 Å². The number of carbonyl (C=O) groups is 1. The summed E-state index contributed by atoms with van der Waals surface area (Å²) in [5.74, 6) is -1.07. The van der Waals surface area contributed by atoms with Gasteiger partial charge in [0.1, 0.15) is 12.4 Å². The number of rotatable bonds is 6. The van der Waals surface area contributed by atoms with Crippen molar-refractivity contribution in [1.29, 1.82) is 0 Å². The van der Waals surface area contributed by atoms with Crippen molar-refractivity contribution in [3.8, 4) is 11.1 Å². The van der Waals surface area contributed by atoms with Gasteiger partial charge in [0.05, 0.1) is 4.90 Å². The Morgan fingerprint density at radius 1 is 0.966 bits per heavy atom. The minimum Gasteiger partial charge on any atom is -0.324 e. The highest BCUT2D eigenvalue weighted by Crippen LogP contribution is 2.37. The summed E-state index contributed by atoms with van der Waals surface area (Å²) in [6.45, 7) is -0.520. The molecule has 0 atom stereocenters. The molecule has 3 aromatic carbocycles. The molecule has 1 aliphatic rings. The van der Waals surface area contributed by atoms with Gasteiger partial charge < -0.3 is 5.32 Å². The van der Waals surface area contributed by atoms with E-state index in [0.717, 1.165) is 41.8 Å². The van der Waals surface area contributed by atoms with Crippen LogP contribution in [-0.2, 0) is 26.1 Å². The first-order valence-corrected chi connectivity index (χ1v) is 10.3. The van der Waals surface area contributed by atoms with E-state index in [4.69, 9.17) is 4.84 Å². The molecule has 2 N–H and O–H groups in total. The Labute approximate surface area is 167 Å². The minimum atomic E-state index is -4.01. The van der Waals surface area contributed by atoms with Gasteiger partial charge in [0.25, 0.3) is 15.9 Å². The van der Waals surface area contributed by atoms with Crippen LogP contribution in [0, 0.1) is 5.82 Å². The standard InChI is InChI=1S/C21H17FN2O4S/c22-16-6-9-18(10-7-16)29(26,27)24-28-13-21(25)23-17-8-5-15-11-14-3-1-2-4-19(14)20(15)12-17/h1-10,12,24H,11,13H2,(H,23,25). The lowest BCUT2D eigenvalue weighted by atomic mass is 10.1. The van der Waals surface area contributed by atoms with Gasteiger partial charge in [-0.1, -0.05) is 35.2 Å². The predicted octanol–water partition coefficient (Wildman–Crippen LogP) is 3.25. The summed E-state index contributed by atoms with van der Waals surface area (Å²) < 4.78 is 37.0. The van der Waals surface area contributed by atoms with Crippen molar-refractivity contribution >= 4 is 21.6 Å². The van der Waals surface area contributed by atoms with Crippen molar-refractivity contribution < 1.29 is 22.4 Å². The Kier molecular flexibility index (Phi) is 5.14. The van der Waals surface area contributed by atoms with Crippen molar-refractivity contribution in [1.82, 2.24) is 4.89 Å². The van der Waals surface area contributed by atoms with E-state index in [9.17, 15) is 17.6 Å². The van der Waals surface area contributed by atoms with Crippen molar-refractivity contribution in [2.75, 3.05) is 11.9 Å². The van der Waals surface area contributed by atoms with Gasteiger partial charge in [-0.05, 0) is 65.1 Å². The average Bonchev–Trinajstić information content (AvgIpc) is 3.06. The predicted molar refractivity (Wildman–Crippen MR) is 106 cm³/mol. The molecule has 0 spiro atoms. The van der Waals surface area contributed by atoms with Crippen LogP contribution in [0.5, 0.6) is 0 Å². The molecule has 0 saturated carbocycles. The zero-order valence-corrected chi connectivity index (χ0v) is 16.0. The maximum absolute atomic E-state index is 12.9. The van der Waals surface area contributed by atoms with Crippen LogP contribution in [0.3, 0.4) is 0 Å². The van der Waals surface area contributed by atoms with Crippen LogP contribution in [0.2, 0.25) is 0 Å². The zero-order valence-electron chi connectivity index (χ0n) is 15.2. The molecule has 4 rings (SSSR count). The molecule has 3 aromatic rings. The molecule has 8 heteroatoms. The minimum absolute atomic E-state index is 0.170. The number of sulfonamides is 1. The van der Waals surface area contributed by atoms with E-state index in [-0.39, 0.29) is 4.90 Å². The van der Waals surface area contributed by atoms with Crippen molar-refractivity contribution in [3.05, 3.63) is 83.7 Å². The van der Waals surface area contributed by atoms with Crippen LogP contribution < -0.4 is 10.2 Å². The first-order valence-electron chi connectivity index (χ1n) is 8.82. The highest BCUT2D eigenvalue weighted by atomic mass is 32.2. The Morgan fingerprint density at radius 3 is 2.48 bits per heavy atom. The lowest BCUT2D eigenvalue weighted by Crippen LogP contribution is -2.29. The summed E-state index contributed by atoms with van der Waals surface area (Å²) >= 11 is 0. The second-order valence-electron chi connectivity index (χ2n) is 6.58. The summed E-state index contributed by atoms with van der Waals surface area (Å²) in [5.41, 5.74) is 5.23. The average molecular weight is 412 g/mol. The first-order chi connectivity index (χ1) is 13.9. The van der Waals surface area contributed by atoms with E-state index in [0.29, 0.717) is 5.69 Å². The number of halogens is 1. The molecule has 0 unspecified atom stereocenters. The van der Waals surface area contributed by atoms with Gasteiger partial charge in [-0.2, -0.15) is 0 Å². The fraction of sp³-hybridized carbons (Fsp3) is 0.0952. The molecule has 0 heterocycles. The molecule has 0 bridgehead atoms. The van der Waals surface area contributed by atoms with Crippen LogP contribution in [0.4, 0.5) is 10.1 Å². The molecule has 1 aliphatic carbocycles. The fourth-order valence-corrected chi connectivity index (χ4v) is 4.04. The molecule has 148 valence electrons. The van der Waals surface area contributed by atoms with Gasteiger partial charge in [0, 0.05) is 5.69 Å². The molecule has 0 aliphatic heterocycles. The van der Waals surface area contributed by atoms with Gasteiger partial charge >= 0.3 is 0 Å². The van der Waals surface area contributed by atoms with Crippen molar-refractivity contribution in [3.63, 3.8) is 0 Å². The second kappa shape index (κ2) is 7.75. The van der Waals surface area contributed by atoms with Crippen molar-refractivity contribution in [2.45, 2.75) is 11.3 Å². The monoisotopic (exact) mass is 412 g/mol. The SMILES string of the molecule is O=C(CONS(=O)(=O)c1ccc(F)cc1)Nc1ccc2c(c1)-c1ccccc1C2. The Balaban J connectivity index is 1.36. The largest absolute Gasteiger partial charge is 0.324 e. The highest BCUT2D eigenvalue weighted by Gasteiger charge is 2.19. The molecule has 1 amide bonds. The molecule has 29 heavy (non-hydrogen) atoms. The highest BCUT2D eigenvalue weighted by molar-refractivity contribution is 7.89. The van der Waals surface area contributed by atoms with E-state index in [1.165, 1.54) is 11.1 Å². The summed E-state index contributed by atoms with van der Waals surface area (Å²) in [6, 6.07) is 18.0. The number of benzene rings is 3. The van der Waals surface area contributed by atoms with E-state index in [2.05, 4.69) is 11.4 Å². The second-order valence-corrected chi connectivity index (χ2v) is 8.23. The van der Waals surface area contributed by atoms with E-state index in [1.807, 2.05) is 35.2 Å². The third-order valence-electron chi connectivity index (χ3n) is 4.58. The van der Waals surface area contributed by atoms with Crippen LogP contribution in [0.1, 0.15) is 11.1 Å². The number of hydrogen-bond acceptors (Lipinski definition) is 4. The van der Waals surface area contributed by atoms with Gasteiger partial charge in [-0.15, -0.1) is 0 Å². The first kappa shape index (κ1) is 19.3. The van der Waals surface area contributed by atoms with Crippen molar-refractivity contribution in [2.24, 2.45) is 0 Å². The zero-order chi connectivity index (χ0) is 20.4. The van der Waals surface area contributed by atoms with E-state index in [1.54, 1.807) is 6.07 Å². The summed E-state index contributed by atoms with van der Waals surface area (Å²) in [4.78, 5) is 18.6. The third kappa shape index (κ3) is 4.19. The van der Waals surface area contributed by atoms with E-state index >= 15 is 0 Å². The van der Waals surface area contributed by atoms with Gasteiger partial charge in [0.15, 0.2) is 0 Å². The Hall–Kier alpha value is -3.07. The maximum atomic E-state index is 12.9. The van der Waals surface area contributed by atoms with Gasteiger partial charge in [-0.25, -0.2) is 12.8 Å². The summed E-state index contributed by atoms with van der Waals surface area (Å²) in [7, 11) is -4.01. The molecule has 0 radical (unpaired) electrons. The molecule has 0 aromatic heterocycles. The van der Waals surface area contributed by atoms with Gasteiger partial charge in [-0.3, -0.25) is 9.63 Å². The molecule has 0 fully saturated rings. The van der Waals surface area contributed by atoms with Crippen LogP contribution >= 0.6 is 0 Å². The number of carbonyl (C=O) groups excluding carboxylic acids is 1. The quantitative estimate of drug-likeness (QED) is 0.476. The number of fused-ring (bicyclic) bond motifs is 3. The topological polar surface area (TPSA) is 84.5 Å². The smallest absolute Gasteiger partial charge is 0.262 e. The number of hydrogen-bond donors (Lipinski definition) is 2. The molecule has 0 saturated heterocycles. The normalized spacial score (nSPS) is 12.3. The number of amides is 1. The number of nitrogens with one attached hydrogen (secondary N) is 2. The van der Waals surface area contributed by atoms with Crippen LogP contribution in [0.25, 0.3) is 11.1 Å². The number of anilines is 1. The Bertz CT molecular complexity index is 1180. The summed E-state index contributed by atoms with van der Waals surface area (Å²) in [6.07, 6.45) is 0.855. The maximum Gasteiger partial charge on any atom is 0.262 e. The van der Waals surface area contributed by atoms with E-state index < -0.39 is 28.4 Å². The lowest BCUT2D eigenvalue weighted by Gasteiger charge is -2.09. The fourth-order valence-electron chi connectivity index (χ4n) is 3.23. The Morgan fingerprint density at radius 2 is 1.69 bits per heavy atom. The van der Waals surface area contributed by atoms with Crippen LogP contribution in [-0.4, -0.2) is 20.9 Å². The molecule has 6 nitrogen and oxygen atoms in total. The lowest BCUT2D eigenvalue weighted by molar-refractivity contribution is -0.121. The third-order valence-corrected chi connectivity index (χ3v) is 5.81. The summed E-state index contributed by atoms with van der Waals surface area (Å²) in [5, 5.41) is 2.69. The molecular formula is C21H17FN2O4S. The van der Waals surface area contributed by atoms with Gasteiger partial charge in [0.2, 0.25) is 0 Å². The molecular weight excluding hydrogens is 395 g/mol.